The van der Waals surface area contributed by atoms with Crippen molar-refractivity contribution in [3.63, 3.8) is 0 Å². The van der Waals surface area contributed by atoms with Gasteiger partial charge in [-0.3, -0.25) is 19.6 Å². The van der Waals surface area contributed by atoms with E-state index < -0.39 is 0 Å². The van der Waals surface area contributed by atoms with Gasteiger partial charge in [-0.05, 0) is 23.3 Å². The summed E-state index contributed by atoms with van der Waals surface area (Å²) in [7, 11) is 5.31. The van der Waals surface area contributed by atoms with Crippen molar-refractivity contribution in [2.75, 3.05) is 60.4 Å². The summed E-state index contributed by atoms with van der Waals surface area (Å²) >= 11 is 0. The third-order valence-electron chi connectivity index (χ3n) is 5.73. The number of hydrogen-bond acceptors (Lipinski definition) is 4. The number of nitrogens with zero attached hydrogens (tertiary/aromatic N) is 4. The summed E-state index contributed by atoms with van der Waals surface area (Å²) in [6, 6.07) is 18.4. The van der Waals surface area contributed by atoms with Crippen LogP contribution >= 0.6 is 0 Å². The molecule has 0 saturated carbocycles. The van der Waals surface area contributed by atoms with Crippen LogP contribution in [0.5, 0.6) is 0 Å². The van der Waals surface area contributed by atoms with Crippen LogP contribution in [0.4, 0.5) is 0 Å². The van der Waals surface area contributed by atoms with Gasteiger partial charge in [0.15, 0.2) is 5.96 Å². The summed E-state index contributed by atoms with van der Waals surface area (Å²) in [4.78, 5) is 22.9. The lowest BCUT2D eigenvalue weighted by atomic mass is 10.1. The molecule has 0 aromatic heterocycles. The van der Waals surface area contributed by atoms with E-state index in [2.05, 4.69) is 55.8 Å². The van der Waals surface area contributed by atoms with Crippen molar-refractivity contribution in [1.29, 1.82) is 0 Å². The van der Waals surface area contributed by atoms with Gasteiger partial charge >= 0.3 is 0 Å². The molecule has 0 aliphatic carbocycles. The van der Waals surface area contributed by atoms with Gasteiger partial charge in [0.25, 0.3) is 5.91 Å². The van der Waals surface area contributed by atoms with Crippen LogP contribution in [0.2, 0.25) is 0 Å². The van der Waals surface area contributed by atoms with Crippen LogP contribution in [0.3, 0.4) is 0 Å². The van der Waals surface area contributed by atoms with Crippen LogP contribution in [-0.4, -0.2) is 87.0 Å². The number of piperazine rings is 1. The molecule has 1 amide bonds. The van der Waals surface area contributed by atoms with E-state index in [4.69, 9.17) is 0 Å². The average Bonchev–Trinajstić information content (AvgIpc) is 2.83. The molecule has 172 valence electrons. The highest BCUT2D eigenvalue weighted by molar-refractivity contribution is 5.93. The molecule has 0 radical (unpaired) electrons. The summed E-state index contributed by atoms with van der Waals surface area (Å²) in [5, 5.41) is 6.75. The van der Waals surface area contributed by atoms with Gasteiger partial charge in [-0.1, -0.05) is 42.5 Å². The van der Waals surface area contributed by atoms with Crippen LogP contribution in [0.25, 0.3) is 0 Å². The lowest BCUT2D eigenvalue weighted by Crippen LogP contribution is -2.48. The van der Waals surface area contributed by atoms with E-state index in [0.717, 1.165) is 57.3 Å². The van der Waals surface area contributed by atoms with Gasteiger partial charge in [0.1, 0.15) is 0 Å². The Balaban J connectivity index is 1.33. The predicted octanol–water partition coefficient (Wildman–Crippen LogP) is 1.87. The first-order valence-corrected chi connectivity index (χ1v) is 11.3. The topological polar surface area (TPSA) is 63.2 Å². The largest absolute Gasteiger partial charge is 0.355 e. The highest BCUT2D eigenvalue weighted by Gasteiger charge is 2.16. The van der Waals surface area contributed by atoms with Gasteiger partial charge in [0.2, 0.25) is 0 Å². The Kier molecular flexibility index (Phi) is 9.07. The number of guanidine groups is 1. The van der Waals surface area contributed by atoms with Crippen LogP contribution in [-0.2, 0) is 13.1 Å². The molecule has 1 aliphatic rings. The number of benzene rings is 2. The Morgan fingerprint density at radius 3 is 2.19 bits per heavy atom. The zero-order valence-electron chi connectivity index (χ0n) is 19.6. The smallest absolute Gasteiger partial charge is 0.253 e. The van der Waals surface area contributed by atoms with Gasteiger partial charge in [-0.2, -0.15) is 0 Å². The van der Waals surface area contributed by atoms with Crippen molar-refractivity contribution in [1.82, 2.24) is 25.3 Å². The quantitative estimate of drug-likeness (QED) is 0.489. The summed E-state index contributed by atoms with van der Waals surface area (Å²) in [5.74, 6) is 0.809. The molecule has 2 N–H and O–H groups in total. The Morgan fingerprint density at radius 1 is 0.906 bits per heavy atom. The Labute approximate surface area is 192 Å². The molecule has 7 nitrogen and oxygen atoms in total. The molecule has 0 bridgehead atoms. The monoisotopic (exact) mass is 436 g/mol. The second kappa shape index (κ2) is 12.2. The third-order valence-corrected chi connectivity index (χ3v) is 5.73. The molecule has 1 heterocycles. The maximum atomic E-state index is 12.0. The number of nitrogens with one attached hydrogen (secondary N) is 2. The molecule has 2 aromatic carbocycles. The average molecular weight is 437 g/mol. The molecule has 0 atom stereocenters. The number of aliphatic imine (C=N–C) groups is 1. The molecule has 1 aliphatic heterocycles. The number of carbonyl (C=O) groups excluding carboxylic acids is 1. The molecule has 0 spiro atoms. The molecule has 0 unspecified atom stereocenters. The number of amides is 1. The van der Waals surface area contributed by atoms with E-state index in [1.54, 1.807) is 26.0 Å². The normalized spacial score (nSPS) is 15.4. The first-order valence-electron chi connectivity index (χ1n) is 11.3. The fourth-order valence-corrected chi connectivity index (χ4v) is 3.77. The highest BCUT2D eigenvalue weighted by Crippen LogP contribution is 2.08. The van der Waals surface area contributed by atoms with E-state index in [9.17, 15) is 4.79 Å². The van der Waals surface area contributed by atoms with E-state index in [1.807, 2.05) is 24.3 Å². The van der Waals surface area contributed by atoms with E-state index >= 15 is 0 Å². The molecule has 1 fully saturated rings. The van der Waals surface area contributed by atoms with Crippen molar-refractivity contribution in [3.8, 4) is 0 Å². The minimum absolute atomic E-state index is 0.0166. The Bertz CT molecular complexity index is 858. The summed E-state index contributed by atoms with van der Waals surface area (Å²) in [6.07, 6.45) is 0. The second-order valence-corrected chi connectivity index (χ2v) is 8.35. The lowest BCUT2D eigenvalue weighted by molar-refractivity contribution is 0.0827. The first kappa shape index (κ1) is 23.8. The minimum atomic E-state index is 0.0166. The van der Waals surface area contributed by atoms with Crippen molar-refractivity contribution in [3.05, 3.63) is 71.3 Å². The highest BCUT2D eigenvalue weighted by atomic mass is 16.2. The maximum absolute atomic E-state index is 12.0. The molecule has 32 heavy (non-hydrogen) atoms. The molecule has 1 saturated heterocycles. The summed E-state index contributed by atoms with van der Waals surface area (Å²) < 4.78 is 0. The third kappa shape index (κ3) is 7.35. The van der Waals surface area contributed by atoms with Gasteiger partial charge < -0.3 is 15.5 Å². The van der Waals surface area contributed by atoms with E-state index in [-0.39, 0.29) is 5.91 Å². The summed E-state index contributed by atoms with van der Waals surface area (Å²) in [6.45, 7) is 7.96. The van der Waals surface area contributed by atoms with Crippen molar-refractivity contribution >= 4 is 11.9 Å². The minimum Gasteiger partial charge on any atom is -0.355 e. The summed E-state index contributed by atoms with van der Waals surface area (Å²) in [5.41, 5.74) is 3.19. The van der Waals surface area contributed by atoms with E-state index in [1.165, 1.54) is 5.56 Å². The standard InChI is InChI=1S/C25H36N6O/c1-26-25(28-19-21-9-11-23(12-10-21)24(32)29(2)3)27-13-14-30-15-17-31(18-16-30)20-22-7-5-4-6-8-22/h4-12H,13-20H2,1-3H3,(H2,26,27,28). The molecule has 3 rings (SSSR count). The van der Waals surface area contributed by atoms with Gasteiger partial charge in [-0.15, -0.1) is 0 Å². The number of rotatable bonds is 8. The second-order valence-electron chi connectivity index (χ2n) is 8.35. The zero-order chi connectivity index (χ0) is 22.8. The van der Waals surface area contributed by atoms with Crippen LogP contribution in [0, 0.1) is 0 Å². The molecular formula is C25H36N6O. The van der Waals surface area contributed by atoms with Crippen molar-refractivity contribution in [2.24, 2.45) is 4.99 Å². The van der Waals surface area contributed by atoms with Crippen molar-refractivity contribution < 1.29 is 4.79 Å². The fourth-order valence-electron chi connectivity index (χ4n) is 3.77. The van der Waals surface area contributed by atoms with Crippen LogP contribution in [0.15, 0.2) is 59.6 Å². The molecule has 2 aromatic rings. The first-order chi connectivity index (χ1) is 15.5. The molecular weight excluding hydrogens is 400 g/mol. The van der Waals surface area contributed by atoms with Crippen molar-refractivity contribution in [2.45, 2.75) is 13.1 Å². The maximum Gasteiger partial charge on any atom is 0.253 e. The number of hydrogen-bond donors (Lipinski definition) is 2. The Morgan fingerprint density at radius 2 is 1.56 bits per heavy atom. The van der Waals surface area contributed by atoms with Crippen LogP contribution in [0.1, 0.15) is 21.5 Å². The van der Waals surface area contributed by atoms with Gasteiger partial charge in [-0.25, -0.2) is 0 Å². The molecule has 7 heteroatoms. The van der Waals surface area contributed by atoms with Gasteiger partial charge in [0, 0.05) is 79.1 Å². The number of carbonyl (C=O) groups is 1. The zero-order valence-corrected chi connectivity index (χ0v) is 19.6. The lowest BCUT2D eigenvalue weighted by Gasteiger charge is -2.34. The fraction of sp³-hybridized carbons (Fsp3) is 0.440. The Hall–Kier alpha value is -2.90. The van der Waals surface area contributed by atoms with E-state index in [0.29, 0.717) is 12.1 Å². The SMILES string of the molecule is CN=C(NCCN1CCN(Cc2ccccc2)CC1)NCc1ccc(C(=O)N(C)C)cc1. The predicted molar refractivity (Wildman–Crippen MR) is 131 cm³/mol. The van der Waals surface area contributed by atoms with Gasteiger partial charge in [0.05, 0.1) is 0 Å². The van der Waals surface area contributed by atoms with Crippen LogP contribution < -0.4 is 10.6 Å².